The lowest BCUT2D eigenvalue weighted by Crippen LogP contribution is -2.32. The van der Waals surface area contributed by atoms with Gasteiger partial charge in [-0.25, -0.2) is 18.4 Å². The van der Waals surface area contributed by atoms with Crippen LogP contribution in [-0.2, 0) is 9.84 Å². The van der Waals surface area contributed by atoms with Crippen LogP contribution in [0.25, 0.3) is 0 Å². The standard InChI is InChI=1S/C14H14ClN3O3S/c1-3-18(10-7-5-4-6-8-10)13(19)12-11(15)9-16-14(17-12)22(2,20)21/h4-9H,3H2,1-2H3. The predicted molar refractivity (Wildman–Crippen MR) is 83.9 cm³/mol. The smallest absolute Gasteiger partial charge is 0.278 e. The SMILES string of the molecule is CCN(C(=O)c1nc(S(C)(=O)=O)ncc1Cl)c1ccccc1. The number of carbonyl (C=O) groups is 1. The largest absolute Gasteiger partial charge is 0.307 e. The van der Waals surface area contributed by atoms with Gasteiger partial charge in [-0.3, -0.25) is 4.79 Å². The topological polar surface area (TPSA) is 80.2 Å². The molecule has 0 aliphatic rings. The molecule has 0 bridgehead atoms. The summed E-state index contributed by atoms with van der Waals surface area (Å²) in [5, 5.41) is -0.420. The zero-order valence-corrected chi connectivity index (χ0v) is 13.6. The van der Waals surface area contributed by atoms with Gasteiger partial charge >= 0.3 is 0 Å². The highest BCUT2D eigenvalue weighted by Gasteiger charge is 2.23. The molecule has 1 amide bonds. The fourth-order valence-corrected chi connectivity index (χ4v) is 2.53. The van der Waals surface area contributed by atoms with Crippen LogP contribution >= 0.6 is 11.6 Å². The van der Waals surface area contributed by atoms with Crippen molar-refractivity contribution in [3.8, 4) is 0 Å². The Kier molecular flexibility index (Phi) is 4.77. The molecule has 8 heteroatoms. The summed E-state index contributed by atoms with van der Waals surface area (Å²) in [6.45, 7) is 2.19. The van der Waals surface area contributed by atoms with Crippen LogP contribution in [0.5, 0.6) is 0 Å². The molecule has 1 aromatic carbocycles. The number of hydrogen-bond donors (Lipinski definition) is 0. The normalized spacial score (nSPS) is 11.2. The minimum absolute atomic E-state index is 0.00628. The van der Waals surface area contributed by atoms with E-state index in [4.69, 9.17) is 11.6 Å². The van der Waals surface area contributed by atoms with Gasteiger partial charge in [0.25, 0.3) is 5.91 Å². The number of halogens is 1. The molecule has 0 unspecified atom stereocenters. The van der Waals surface area contributed by atoms with Crippen LogP contribution in [-0.4, -0.2) is 37.1 Å². The maximum atomic E-state index is 12.6. The van der Waals surface area contributed by atoms with Crippen molar-refractivity contribution in [1.29, 1.82) is 0 Å². The lowest BCUT2D eigenvalue weighted by molar-refractivity contribution is 0.0983. The van der Waals surface area contributed by atoms with Crippen molar-refractivity contribution in [3.63, 3.8) is 0 Å². The Labute approximate surface area is 133 Å². The van der Waals surface area contributed by atoms with E-state index in [1.54, 1.807) is 31.2 Å². The second kappa shape index (κ2) is 6.41. The van der Waals surface area contributed by atoms with Crippen molar-refractivity contribution in [2.24, 2.45) is 0 Å². The number of rotatable bonds is 4. The van der Waals surface area contributed by atoms with Crippen molar-refractivity contribution >= 4 is 33.0 Å². The summed E-state index contributed by atoms with van der Waals surface area (Å²) in [7, 11) is -3.62. The molecule has 1 heterocycles. The van der Waals surface area contributed by atoms with Crippen LogP contribution in [0.15, 0.2) is 41.7 Å². The first kappa shape index (κ1) is 16.4. The molecule has 0 saturated carbocycles. The molecule has 0 fully saturated rings. The summed E-state index contributed by atoms with van der Waals surface area (Å²) < 4.78 is 23.1. The van der Waals surface area contributed by atoms with Gasteiger partial charge in [0.2, 0.25) is 15.0 Å². The van der Waals surface area contributed by atoms with Crippen LogP contribution in [0, 0.1) is 0 Å². The van der Waals surface area contributed by atoms with Crippen LogP contribution in [0.1, 0.15) is 17.4 Å². The molecule has 0 aliphatic heterocycles. The highest BCUT2D eigenvalue weighted by molar-refractivity contribution is 7.90. The summed E-state index contributed by atoms with van der Waals surface area (Å²) in [5.41, 5.74) is 0.536. The number of amides is 1. The molecule has 0 saturated heterocycles. The number of anilines is 1. The summed E-state index contributed by atoms with van der Waals surface area (Å²) >= 11 is 5.96. The van der Waals surface area contributed by atoms with E-state index in [1.165, 1.54) is 4.90 Å². The van der Waals surface area contributed by atoms with Gasteiger partial charge in [-0.2, -0.15) is 0 Å². The molecule has 116 valence electrons. The Bertz CT molecular complexity index is 794. The third-order valence-corrected chi connectivity index (χ3v) is 4.02. The molecule has 2 aromatic rings. The molecule has 22 heavy (non-hydrogen) atoms. The van der Waals surface area contributed by atoms with Gasteiger partial charge in [-0.15, -0.1) is 0 Å². The van der Waals surface area contributed by atoms with E-state index in [2.05, 4.69) is 9.97 Å². The molecule has 2 rings (SSSR count). The number of hydrogen-bond acceptors (Lipinski definition) is 5. The molecular weight excluding hydrogens is 326 g/mol. The summed E-state index contributed by atoms with van der Waals surface area (Å²) in [6, 6.07) is 8.98. The Morgan fingerprint density at radius 1 is 1.27 bits per heavy atom. The lowest BCUT2D eigenvalue weighted by atomic mass is 10.2. The van der Waals surface area contributed by atoms with Crippen molar-refractivity contribution < 1.29 is 13.2 Å². The first-order valence-electron chi connectivity index (χ1n) is 6.44. The van der Waals surface area contributed by atoms with E-state index in [0.717, 1.165) is 12.5 Å². The van der Waals surface area contributed by atoms with Gasteiger partial charge in [0.15, 0.2) is 5.69 Å². The van der Waals surface area contributed by atoms with E-state index in [-0.39, 0.29) is 10.7 Å². The third-order valence-electron chi connectivity index (χ3n) is 2.89. The Morgan fingerprint density at radius 2 is 1.91 bits per heavy atom. The van der Waals surface area contributed by atoms with Crippen molar-refractivity contribution in [1.82, 2.24) is 9.97 Å². The maximum Gasteiger partial charge on any atom is 0.278 e. The number of aromatic nitrogens is 2. The molecule has 6 nitrogen and oxygen atoms in total. The number of sulfone groups is 1. The van der Waals surface area contributed by atoms with E-state index < -0.39 is 20.9 Å². The quantitative estimate of drug-likeness (QED) is 0.798. The van der Waals surface area contributed by atoms with Crippen LogP contribution < -0.4 is 4.90 Å². The number of nitrogens with zero attached hydrogens (tertiary/aromatic N) is 3. The summed E-state index contributed by atoms with van der Waals surface area (Å²) in [4.78, 5) is 21.6. The third kappa shape index (κ3) is 3.42. The number of carbonyl (C=O) groups excluding carboxylic acids is 1. The Hall–Kier alpha value is -1.99. The predicted octanol–water partition coefficient (Wildman–Crippen LogP) is 2.20. The average molecular weight is 340 g/mol. The van der Waals surface area contributed by atoms with E-state index in [9.17, 15) is 13.2 Å². The van der Waals surface area contributed by atoms with Crippen LogP contribution in [0.4, 0.5) is 5.69 Å². The minimum atomic E-state index is -3.62. The molecule has 1 aromatic heterocycles. The van der Waals surface area contributed by atoms with E-state index >= 15 is 0 Å². The summed E-state index contributed by atoms with van der Waals surface area (Å²) in [5.74, 6) is -0.481. The average Bonchev–Trinajstić information content (AvgIpc) is 2.48. The number of benzene rings is 1. The fourth-order valence-electron chi connectivity index (χ4n) is 1.86. The van der Waals surface area contributed by atoms with Gasteiger partial charge in [0, 0.05) is 18.5 Å². The molecule has 0 spiro atoms. The van der Waals surface area contributed by atoms with Crippen molar-refractivity contribution in [2.75, 3.05) is 17.7 Å². The second-order valence-corrected chi connectivity index (χ2v) is 6.82. The highest BCUT2D eigenvalue weighted by Crippen LogP contribution is 2.20. The van der Waals surface area contributed by atoms with E-state index in [1.807, 2.05) is 6.07 Å². The zero-order valence-electron chi connectivity index (χ0n) is 12.0. The van der Waals surface area contributed by atoms with Crippen molar-refractivity contribution in [2.45, 2.75) is 12.1 Å². The maximum absolute atomic E-state index is 12.6. The number of para-hydroxylation sites is 1. The molecule has 0 atom stereocenters. The highest BCUT2D eigenvalue weighted by atomic mass is 35.5. The lowest BCUT2D eigenvalue weighted by Gasteiger charge is -2.21. The zero-order chi connectivity index (χ0) is 16.3. The van der Waals surface area contributed by atoms with Gasteiger partial charge in [0.05, 0.1) is 11.2 Å². The van der Waals surface area contributed by atoms with Gasteiger partial charge in [-0.1, -0.05) is 29.8 Å². The molecule has 0 aliphatic carbocycles. The van der Waals surface area contributed by atoms with Crippen LogP contribution in [0.3, 0.4) is 0 Å². The van der Waals surface area contributed by atoms with Gasteiger partial charge < -0.3 is 4.90 Å². The Balaban J connectivity index is 2.48. The first-order valence-corrected chi connectivity index (χ1v) is 8.71. The minimum Gasteiger partial charge on any atom is -0.307 e. The molecule has 0 radical (unpaired) electrons. The Morgan fingerprint density at radius 3 is 2.45 bits per heavy atom. The van der Waals surface area contributed by atoms with E-state index in [0.29, 0.717) is 12.2 Å². The second-order valence-electron chi connectivity index (χ2n) is 4.51. The fraction of sp³-hybridized carbons (Fsp3) is 0.214. The first-order chi connectivity index (χ1) is 10.3. The molecule has 0 N–H and O–H groups in total. The van der Waals surface area contributed by atoms with Crippen molar-refractivity contribution in [3.05, 3.63) is 47.2 Å². The van der Waals surface area contributed by atoms with Crippen LogP contribution in [0.2, 0.25) is 5.02 Å². The monoisotopic (exact) mass is 339 g/mol. The molecular formula is C14H14ClN3O3S. The summed E-state index contributed by atoms with van der Waals surface area (Å²) in [6.07, 6.45) is 2.09. The van der Waals surface area contributed by atoms with Gasteiger partial charge in [-0.05, 0) is 19.1 Å². The van der Waals surface area contributed by atoms with Gasteiger partial charge in [0.1, 0.15) is 0 Å².